The molecule has 0 saturated heterocycles. The van der Waals surface area contributed by atoms with Crippen LogP contribution in [0.2, 0.25) is 0 Å². The second kappa shape index (κ2) is 17.8. The molecular weight excluding hydrogens is 747 g/mol. The number of nitrogens with zero attached hydrogens (tertiary/aromatic N) is 8. The molecule has 19 nitrogen and oxygen atoms in total. The number of anilines is 2. The van der Waals surface area contributed by atoms with Gasteiger partial charge in [0.2, 0.25) is 23.7 Å². The van der Waals surface area contributed by atoms with E-state index < -0.39 is 23.6 Å². The van der Waals surface area contributed by atoms with E-state index in [4.69, 9.17) is 31.7 Å². The average molecular weight is 796 g/mol. The van der Waals surface area contributed by atoms with Gasteiger partial charge in [0, 0.05) is 37.3 Å². The van der Waals surface area contributed by atoms with Crippen molar-refractivity contribution < 1.29 is 28.7 Å². The molecule has 0 aliphatic rings. The number of carbonyl (C=O) groups excluding carboxylic acids is 4. The number of amides is 4. The van der Waals surface area contributed by atoms with Crippen molar-refractivity contribution in [3.8, 4) is 11.5 Å². The molecule has 6 aromatic rings. The number of nitrogens with one attached hydrogen (secondary N) is 2. The molecule has 8 N–H and O–H groups in total. The standard InChI is InChI=1S/C38H45N13O6.CH4/c1-6-50-27(15-21(3)46-50)35(54)44-37-42-25-17-23(33(40)52)19-29(56-5)31(25)48(37)12-8-9-13-49-32-26(18-24(34(41)53)20-30(32)57-14-10-11-39)43-38(49)45-36(55)28-16-22(4)47-51(28)7-2;/h8-9,15-20H,6-7,10-14,39H2,1-5H3,(H2,40,52)(H2,41,53)(H,42,44,54)(H,43,45,55);1H4/b9-8+;. The van der Waals surface area contributed by atoms with E-state index in [0.717, 1.165) is 0 Å². The van der Waals surface area contributed by atoms with Crippen molar-refractivity contribution in [2.45, 2.75) is 67.7 Å². The van der Waals surface area contributed by atoms with Crippen molar-refractivity contribution in [1.29, 1.82) is 0 Å². The largest absolute Gasteiger partial charge is 0.494 e. The number of ether oxygens (including phenoxy) is 2. The maximum absolute atomic E-state index is 13.7. The molecule has 0 saturated carbocycles. The SMILES string of the molecule is C.CCn1nc(C)cc1C(=O)Nc1nc2cc(C(N)=O)cc(OC)c2n1C/C=C/Cn1c(NC(=O)c2cc(C)nn2CC)nc2cc(C(N)=O)cc(OCCCN)c21. The summed E-state index contributed by atoms with van der Waals surface area (Å²) in [7, 11) is 1.46. The van der Waals surface area contributed by atoms with Crippen LogP contribution in [0.15, 0.2) is 48.6 Å². The molecule has 6 rings (SSSR count). The summed E-state index contributed by atoms with van der Waals surface area (Å²) in [6, 6.07) is 9.48. The van der Waals surface area contributed by atoms with Gasteiger partial charge in [-0.3, -0.25) is 39.2 Å². The second-order valence-corrected chi connectivity index (χ2v) is 13.1. The topological polar surface area (TPSA) is 260 Å². The average Bonchev–Trinajstić information content (AvgIpc) is 3.95. The van der Waals surface area contributed by atoms with E-state index in [1.807, 2.05) is 26.0 Å². The van der Waals surface area contributed by atoms with Crippen LogP contribution in [0, 0.1) is 13.8 Å². The van der Waals surface area contributed by atoms with Crippen molar-refractivity contribution in [2.24, 2.45) is 17.2 Å². The number of benzene rings is 2. The first-order valence-electron chi connectivity index (χ1n) is 18.3. The summed E-state index contributed by atoms with van der Waals surface area (Å²) in [5.74, 6) is -1.22. The fourth-order valence-corrected chi connectivity index (χ4v) is 6.45. The van der Waals surface area contributed by atoms with Crippen molar-refractivity contribution >= 4 is 57.6 Å². The Hall–Kier alpha value is -7.02. The summed E-state index contributed by atoms with van der Waals surface area (Å²) in [6.07, 6.45) is 4.21. The number of allylic oxidation sites excluding steroid dienone is 2. The molecule has 2 aromatic carbocycles. The highest BCUT2D eigenvalue weighted by molar-refractivity contribution is 6.05. The minimum atomic E-state index is -0.675. The summed E-state index contributed by atoms with van der Waals surface area (Å²) < 4.78 is 18.4. The molecular formula is C39H49N13O6. The fraction of sp³-hybridized carbons (Fsp3) is 0.333. The minimum absolute atomic E-state index is 0. The quantitative estimate of drug-likeness (QED) is 0.0656. The lowest BCUT2D eigenvalue weighted by atomic mass is 10.1. The van der Waals surface area contributed by atoms with Crippen LogP contribution in [0.25, 0.3) is 22.1 Å². The Kier molecular flexibility index (Phi) is 13.0. The molecule has 0 fully saturated rings. The van der Waals surface area contributed by atoms with Crippen LogP contribution in [-0.2, 0) is 26.2 Å². The summed E-state index contributed by atoms with van der Waals surface area (Å²) in [6.45, 7) is 9.27. The monoisotopic (exact) mass is 795 g/mol. The van der Waals surface area contributed by atoms with Gasteiger partial charge >= 0.3 is 0 Å². The first kappa shape index (κ1) is 42.1. The van der Waals surface area contributed by atoms with Crippen molar-refractivity contribution in [3.05, 3.63) is 82.5 Å². The van der Waals surface area contributed by atoms with Crippen molar-refractivity contribution in [1.82, 2.24) is 38.7 Å². The van der Waals surface area contributed by atoms with Crippen LogP contribution in [-0.4, -0.2) is 82.6 Å². The lowest BCUT2D eigenvalue weighted by Gasteiger charge is -2.13. The predicted octanol–water partition coefficient (Wildman–Crippen LogP) is 3.77. The van der Waals surface area contributed by atoms with Crippen molar-refractivity contribution in [3.63, 3.8) is 0 Å². The number of aromatic nitrogens is 8. The van der Waals surface area contributed by atoms with Gasteiger partial charge in [-0.2, -0.15) is 10.2 Å². The lowest BCUT2D eigenvalue weighted by molar-refractivity contribution is 0.0991. The van der Waals surface area contributed by atoms with Gasteiger partial charge in [0.05, 0.1) is 36.1 Å². The molecule has 0 spiro atoms. The van der Waals surface area contributed by atoms with E-state index in [1.54, 1.807) is 44.5 Å². The number of hydrogen-bond donors (Lipinski definition) is 5. The zero-order valence-electron chi connectivity index (χ0n) is 32.3. The van der Waals surface area contributed by atoms with Crippen molar-refractivity contribution in [2.75, 3.05) is 30.9 Å². The fourth-order valence-electron chi connectivity index (χ4n) is 6.45. The molecule has 306 valence electrons. The van der Waals surface area contributed by atoms with E-state index in [2.05, 4.69) is 25.8 Å². The van der Waals surface area contributed by atoms with Crippen LogP contribution in [0.1, 0.15) is 80.8 Å². The van der Waals surface area contributed by atoms with Gasteiger partial charge in [0.15, 0.2) is 0 Å². The second-order valence-electron chi connectivity index (χ2n) is 13.1. The third kappa shape index (κ3) is 8.53. The zero-order valence-corrected chi connectivity index (χ0v) is 32.3. The number of hydrogen-bond acceptors (Lipinski definition) is 11. The van der Waals surface area contributed by atoms with E-state index in [1.165, 1.54) is 31.4 Å². The van der Waals surface area contributed by atoms with Gasteiger partial charge in [-0.15, -0.1) is 0 Å². The predicted molar refractivity (Wildman–Crippen MR) is 219 cm³/mol. The number of primary amides is 2. The highest BCUT2D eigenvalue weighted by atomic mass is 16.5. The number of nitrogens with two attached hydrogens (primary N) is 3. The Morgan fingerprint density at radius 3 is 1.59 bits per heavy atom. The number of aryl methyl sites for hydroxylation is 4. The number of fused-ring (bicyclic) bond motifs is 2. The van der Waals surface area contributed by atoms with E-state index >= 15 is 0 Å². The molecule has 0 aliphatic carbocycles. The molecule has 19 heteroatoms. The molecule has 4 aromatic heterocycles. The highest BCUT2D eigenvalue weighted by Crippen LogP contribution is 2.33. The van der Waals surface area contributed by atoms with Gasteiger partial charge in [-0.25, -0.2) is 9.97 Å². The number of rotatable bonds is 17. The Bertz CT molecular complexity index is 2540. The van der Waals surface area contributed by atoms with Crippen LogP contribution < -0.4 is 37.3 Å². The Morgan fingerprint density at radius 1 is 0.724 bits per heavy atom. The first-order valence-corrected chi connectivity index (χ1v) is 18.3. The number of carbonyl (C=O) groups is 4. The molecule has 0 atom stereocenters. The highest BCUT2D eigenvalue weighted by Gasteiger charge is 2.23. The van der Waals surface area contributed by atoms with Gasteiger partial charge in [-0.1, -0.05) is 19.6 Å². The third-order valence-electron chi connectivity index (χ3n) is 9.07. The van der Waals surface area contributed by atoms with E-state index in [-0.39, 0.29) is 50.1 Å². The van der Waals surface area contributed by atoms with Crippen LogP contribution in [0.5, 0.6) is 11.5 Å². The Balaban J connectivity index is 0.00000641. The normalized spacial score (nSPS) is 11.3. The zero-order chi connectivity index (χ0) is 41.0. The molecule has 4 amide bonds. The van der Waals surface area contributed by atoms with Crippen LogP contribution in [0.4, 0.5) is 11.9 Å². The minimum Gasteiger partial charge on any atom is -0.494 e. The molecule has 0 unspecified atom stereocenters. The molecule has 0 bridgehead atoms. The van der Waals surface area contributed by atoms with Crippen LogP contribution in [0.3, 0.4) is 0 Å². The number of imidazole rings is 2. The smallest absolute Gasteiger partial charge is 0.276 e. The summed E-state index contributed by atoms with van der Waals surface area (Å²) in [5.41, 5.74) is 21.1. The molecule has 0 radical (unpaired) electrons. The molecule has 4 heterocycles. The number of methoxy groups -OCH3 is 1. The summed E-state index contributed by atoms with van der Waals surface area (Å²) >= 11 is 0. The first-order chi connectivity index (χ1) is 27.4. The third-order valence-corrected chi connectivity index (χ3v) is 9.07. The van der Waals surface area contributed by atoms with Gasteiger partial charge in [-0.05, 0) is 77.1 Å². The van der Waals surface area contributed by atoms with Gasteiger partial charge < -0.3 is 35.8 Å². The maximum Gasteiger partial charge on any atom is 0.276 e. The van der Waals surface area contributed by atoms with E-state index in [0.29, 0.717) is 82.4 Å². The Labute approximate surface area is 334 Å². The van der Waals surface area contributed by atoms with E-state index in [9.17, 15) is 19.2 Å². The molecule has 58 heavy (non-hydrogen) atoms. The summed E-state index contributed by atoms with van der Waals surface area (Å²) in [4.78, 5) is 61.1. The maximum atomic E-state index is 13.7. The molecule has 0 aliphatic heterocycles. The van der Waals surface area contributed by atoms with Crippen LogP contribution >= 0.6 is 0 Å². The van der Waals surface area contributed by atoms with Gasteiger partial charge in [0.1, 0.15) is 33.9 Å². The Morgan fingerprint density at radius 2 is 1.17 bits per heavy atom. The van der Waals surface area contributed by atoms with Gasteiger partial charge in [0.25, 0.3) is 11.8 Å². The lowest BCUT2D eigenvalue weighted by Crippen LogP contribution is -2.20. The summed E-state index contributed by atoms with van der Waals surface area (Å²) in [5, 5.41) is 14.6.